The first kappa shape index (κ1) is 18.7. The van der Waals surface area contributed by atoms with E-state index in [1.807, 2.05) is 0 Å². The molecule has 7 nitrogen and oxygen atoms in total. The summed E-state index contributed by atoms with van der Waals surface area (Å²) in [7, 11) is -3.65. The van der Waals surface area contributed by atoms with E-state index in [4.69, 9.17) is 0 Å². The summed E-state index contributed by atoms with van der Waals surface area (Å²) in [5, 5.41) is 11.0. The minimum Gasteiger partial charge on any atom is -0.325 e. The molecular weight excluding hydrogens is 386 g/mol. The maximum atomic E-state index is 12.3. The lowest BCUT2D eigenvalue weighted by Crippen LogP contribution is -2.12. The summed E-state index contributed by atoms with van der Waals surface area (Å²) in [6, 6.07) is 21.1. The smallest absolute Gasteiger partial charge is 0.284 e. The molecule has 0 fully saturated rings. The van der Waals surface area contributed by atoms with Gasteiger partial charge in [0.25, 0.3) is 15.7 Å². The van der Waals surface area contributed by atoms with E-state index < -0.39 is 14.9 Å². The monoisotopic (exact) mass is 401 g/mol. The molecule has 0 aliphatic rings. The zero-order valence-corrected chi connectivity index (χ0v) is 15.5. The second kappa shape index (κ2) is 8.11. The van der Waals surface area contributed by atoms with Gasteiger partial charge < -0.3 is 4.72 Å². The maximum Gasteiger partial charge on any atom is 0.284 e. The van der Waals surface area contributed by atoms with Gasteiger partial charge in [-0.25, -0.2) is 8.42 Å². The van der Waals surface area contributed by atoms with Gasteiger partial charge in [-0.15, -0.1) is 0 Å². The van der Waals surface area contributed by atoms with Crippen molar-refractivity contribution in [2.24, 2.45) is 0 Å². The van der Waals surface area contributed by atoms with Crippen LogP contribution in [0.5, 0.6) is 0 Å². The highest BCUT2D eigenvalue weighted by atomic mass is 32.2. The Morgan fingerprint density at radius 3 is 2.07 bits per heavy atom. The van der Waals surface area contributed by atoms with E-state index >= 15 is 0 Å². The van der Waals surface area contributed by atoms with E-state index in [0.717, 1.165) is 11.9 Å². The number of hydrogen-bond donors (Lipinski definition) is 2. The third-order valence-electron chi connectivity index (χ3n) is 3.53. The first-order valence-corrected chi connectivity index (χ1v) is 10.1. The third kappa shape index (κ3) is 4.78. The highest BCUT2D eigenvalue weighted by Crippen LogP contribution is 2.30. The standard InChI is InChI=1S/C18H15N3O4S2/c22-21(23)17-8-4-5-9-18(17)26-19-14-10-12-15(13-11-14)20-27(24,25)16-6-2-1-3-7-16/h1-13,19-20H. The van der Waals surface area contributed by atoms with E-state index in [1.165, 1.54) is 18.2 Å². The van der Waals surface area contributed by atoms with Crippen molar-refractivity contribution in [3.8, 4) is 0 Å². The molecule has 0 saturated heterocycles. The van der Waals surface area contributed by atoms with Crippen molar-refractivity contribution in [2.45, 2.75) is 9.79 Å². The minimum absolute atomic E-state index is 0.0160. The van der Waals surface area contributed by atoms with Crippen LogP contribution in [0.2, 0.25) is 0 Å². The molecule has 138 valence electrons. The Balaban J connectivity index is 1.67. The normalized spacial score (nSPS) is 11.0. The van der Waals surface area contributed by atoms with Crippen molar-refractivity contribution in [2.75, 3.05) is 9.44 Å². The Kier molecular flexibility index (Phi) is 5.63. The maximum absolute atomic E-state index is 12.3. The summed E-state index contributed by atoms with van der Waals surface area (Å²) in [5.74, 6) is 0. The molecule has 0 atom stereocenters. The number of rotatable bonds is 7. The highest BCUT2D eigenvalue weighted by Gasteiger charge is 2.14. The predicted molar refractivity (Wildman–Crippen MR) is 106 cm³/mol. The molecule has 0 heterocycles. The number of sulfonamides is 1. The molecule has 3 aromatic carbocycles. The lowest BCUT2D eigenvalue weighted by molar-refractivity contribution is -0.387. The molecule has 9 heteroatoms. The molecule has 3 rings (SSSR count). The van der Waals surface area contributed by atoms with Crippen molar-refractivity contribution in [3.63, 3.8) is 0 Å². The van der Waals surface area contributed by atoms with Gasteiger partial charge in [0.2, 0.25) is 0 Å². The zero-order chi connectivity index (χ0) is 19.3. The summed E-state index contributed by atoms with van der Waals surface area (Å²) < 4.78 is 30.1. The molecule has 0 radical (unpaired) electrons. The molecule has 0 unspecified atom stereocenters. The number of para-hydroxylation sites is 1. The number of anilines is 2. The summed E-state index contributed by atoms with van der Waals surface area (Å²) in [4.78, 5) is 11.3. The fourth-order valence-electron chi connectivity index (χ4n) is 2.23. The minimum atomic E-state index is -3.65. The third-order valence-corrected chi connectivity index (χ3v) is 5.83. The second-order valence-corrected chi connectivity index (χ2v) is 7.96. The molecule has 0 spiro atoms. The summed E-state index contributed by atoms with van der Waals surface area (Å²) in [6.07, 6.45) is 0. The molecule has 2 N–H and O–H groups in total. The molecule has 0 aromatic heterocycles. The zero-order valence-electron chi connectivity index (χ0n) is 13.9. The van der Waals surface area contributed by atoms with Crippen molar-refractivity contribution in [1.82, 2.24) is 0 Å². The van der Waals surface area contributed by atoms with Crippen LogP contribution in [0.4, 0.5) is 17.1 Å². The van der Waals surface area contributed by atoms with Gasteiger partial charge in [0, 0.05) is 17.4 Å². The Bertz CT molecular complexity index is 1040. The molecule has 3 aromatic rings. The molecule has 0 bridgehead atoms. The topological polar surface area (TPSA) is 101 Å². The van der Waals surface area contributed by atoms with Gasteiger partial charge in [0.1, 0.15) is 4.90 Å². The number of nitro groups is 1. The van der Waals surface area contributed by atoms with Crippen molar-refractivity contribution < 1.29 is 13.3 Å². The number of benzene rings is 3. The quantitative estimate of drug-likeness (QED) is 0.343. The first-order valence-electron chi connectivity index (χ1n) is 7.80. The SMILES string of the molecule is O=[N+]([O-])c1ccccc1SNc1ccc(NS(=O)(=O)c2ccccc2)cc1. The first-order chi connectivity index (χ1) is 13.0. The molecule has 27 heavy (non-hydrogen) atoms. The van der Waals surface area contributed by atoms with Gasteiger partial charge in [-0.2, -0.15) is 0 Å². The highest BCUT2D eigenvalue weighted by molar-refractivity contribution is 8.00. The van der Waals surface area contributed by atoms with Crippen molar-refractivity contribution in [3.05, 3.63) is 89.0 Å². The van der Waals surface area contributed by atoms with Crippen molar-refractivity contribution >= 4 is 39.0 Å². The van der Waals surface area contributed by atoms with E-state index in [0.29, 0.717) is 16.3 Å². The molecule has 0 aliphatic carbocycles. The fourth-order valence-corrected chi connectivity index (χ4v) is 4.07. The van der Waals surface area contributed by atoms with Gasteiger partial charge >= 0.3 is 0 Å². The van der Waals surface area contributed by atoms with Crippen LogP contribution in [0, 0.1) is 10.1 Å². The number of nitrogens with one attached hydrogen (secondary N) is 2. The van der Waals surface area contributed by atoms with Crippen LogP contribution in [0.1, 0.15) is 0 Å². The van der Waals surface area contributed by atoms with Crippen LogP contribution in [-0.4, -0.2) is 13.3 Å². The number of nitro benzene ring substituents is 1. The molecule has 0 aliphatic heterocycles. The summed E-state index contributed by atoms with van der Waals surface area (Å²) >= 11 is 1.11. The van der Waals surface area contributed by atoms with Gasteiger partial charge in [-0.1, -0.05) is 30.3 Å². The van der Waals surface area contributed by atoms with Gasteiger partial charge in [-0.05, 0) is 54.4 Å². The Labute approximate surface area is 160 Å². The van der Waals surface area contributed by atoms with Crippen LogP contribution < -0.4 is 9.44 Å². The lowest BCUT2D eigenvalue weighted by Gasteiger charge is -2.10. The Morgan fingerprint density at radius 2 is 1.41 bits per heavy atom. The predicted octanol–water partition coefficient (Wildman–Crippen LogP) is 4.51. The van der Waals surface area contributed by atoms with Crippen LogP contribution in [0.3, 0.4) is 0 Å². The lowest BCUT2D eigenvalue weighted by atomic mass is 10.3. The van der Waals surface area contributed by atoms with Crippen molar-refractivity contribution in [1.29, 1.82) is 0 Å². The largest absolute Gasteiger partial charge is 0.325 e. The Hall–Kier alpha value is -3.04. The average molecular weight is 401 g/mol. The number of hydrogen-bond acceptors (Lipinski definition) is 6. The molecule has 0 saturated carbocycles. The van der Waals surface area contributed by atoms with E-state index in [1.54, 1.807) is 60.7 Å². The number of nitrogens with zero attached hydrogens (tertiary/aromatic N) is 1. The molecule has 0 amide bonds. The van der Waals surface area contributed by atoms with Gasteiger partial charge in [-0.3, -0.25) is 14.8 Å². The van der Waals surface area contributed by atoms with E-state index in [9.17, 15) is 18.5 Å². The van der Waals surface area contributed by atoms with Crippen LogP contribution in [0.25, 0.3) is 0 Å². The fraction of sp³-hybridized carbons (Fsp3) is 0. The Morgan fingerprint density at radius 1 is 0.815 bits per heavy atom. The molecular formula is C18H15N3O4S2. The van der Waals surface area contributed by atoms with Crippen LogP contribution in [-0.2, 0) is 10.0 Å². The van der Waals surface area contributed by atoms with E-state index in [2.05, 4.69) is 9.44 Å². The van der Waals surface area contributed by atoms with Gasteiger partial charge in [0.15, 0.2) is 0 Å². The summed E-state index contributed by atoms with van der Waals surface area (Å²) in [6.45, 7) is 0. The van der Waals surface area contributed by atoms with E-state index in [-0.39, 0.29) is 10.6 Å². The van der Waals surface area contributed by atoms with Gasteiger partial charge in [0.05, 0.1) is 9.82 Å². The van der Waals surface area contributed by atoms with Crippen LogP contribution in [0.15, 0.2) is 88.7 Å². The van der Waals surface area contributed by atoms with Crippen LogP contribution >= 0.6 is 11.9 Å². The summed E-state index contributed by atoms with van der Waals surface area (Å²) in [5.41, 5.74) is 1.11. The second-order valence-electron chi connectivity index (χ2n) is 5.42. The average Bonchev–Trinajstić information content (AvgIpc) is 2.68.